The Bertz CT molecular complexity index is 1170. The van der Waals surface area contributed by atoms with Gasteiger partial charge in [0.05, 0.1) is 5.92 Å². The van der Waals surface area contributed by atoms with Crippen LogP contribution in [-0.4, -0.2) is 18.4 Å². The second kappa shape index (κ2) is 10.4. The molecule has 0 unspecified atom stereocenters. The molecule has 2 amide bonds. The molecule has 33 heavy (non-hydrogen) atoms. The Hall–Kier alpha value is -4.18. The van der Waals surface area contributed by atoms with Gasteiger partial charge in [-0.05, 0) is 48.4 Å². The second-order valence-corrected chi connectivity index (χ2v) is 7.71. The van der Waals surface area contributed by atoms with Crippen molar-refractivity contribution in [3.8, 4) is 0 Å². The van der Waals surface area contributed by atoms with Crippen molar-refractivity contribution in [3.05, 3.63) is 132 Å². The van der Waals surface area contributed by atoms with E-state index in [1.54, 1.807) is 29.2 Å². The number of hydrogen-bond acceptors (Lipinski definition) is 2. The monoisotopic (exact) mass is 434 g/mol. The Morgan fingerprint density at radius 2 is 1.27 bits per heavy atom. The number of nitrogens with zero attached hydrogens (tertiary/aromatic N) is 1. The molecule has 0 aliphatic rings. The summed E-state index contributed by atoms with van der Waals surface area (Å²) in [4.78, 5) is 28.3. The van der Waals surface area contributed by atoms with Crippen molar-refractivity contribution in [1.29, 1.82) is 0 Å². The lowest BCUT2D eigenvalue weighted by Crippen LogP contribution is -2.30. The highest BCUT2D eigenvalue weighted by Crippen LogP contribution is 2.27. The summed E-state index contributed by atoms with van der Waals surface area (Å²) in [7, 11) is 0. The van der Waals surface area contributed by atoms with E-state index in [0.29, 0.717) is 17.8 Å². The van der Waals surface area contributed by atoms with Gasteiger partial charge < -0.3 is 10.2 Å². The number of para-hydroxylation sites is 1. The van der Waals surface area contributed by atoms with Gasteiger partial charge in [-0.1, -0.05) is 84.9 Å². The van der Waals surface area contributed by atoms with Crippen LogP contribution in [0.25, 0.3) is 0 Å². The first-order valence-corrected chi connectivity index (χ1v) is 11.0. The van der Waals surface area contributed by atoms with E-state index in [4.69, 9.17) is 0 Å². The molecule has 1 N–H and O–H groups in total. The summed E-state index contributed by atoms with van der Waals surface area (Å²) in [6, 6.07) is 36.1. The van der Waals surface area contributed by atoms with Crippen molar-refractivity contribution in [2.75, 3.05) is 16.8 Å². The van der Waals surface area contributed by atoms with Gasteiger partial charge in [-0.2, -0.15) is 0 Å². The van der Waals surface area contributed by atoms with Gasteiger partial charge in [-0.25, -0.2) is 0 Å². The van der Waals surface area contributed by atoms with Gasteiger partial charge in [0.15, 0.2) is 0 Å². The van der Waals surface area contributed by atoms with E-state index in [9.17, 15) is 9.59 Å². The predicted octanol–water partition coefficient (Wildman–Crippen LogP) is 6.12. The average Bonchev–Trinajstić information content (AvgIpc) is 2.87. The van der Waals surface area contributed by atoms with E-state index in [-0.39, 0.29) is 11.8 Å². The number of rotatable bonds is 7. The Morgan fingerprint density at radius 1 is 0.727 bits per heavy atom. The fraction of sp³-hybridized carbons (Fsp3) is 0.103. The van der Waals surface area contributed by atoms with Crippen molar-refractivity contribution < 1.29 is 9.59 Å². The van der Waals surface area contributed by atoms with Crippen LogP contribution in [0.4, 0.5) is 11.4 Å². The SMILES string of the molecule is CCN(C(=O)c1cccc(NC(=O)C(c2ccccc2)c2ccccc2)c1)c1ccccc1. The second-order valence-electron chi connectivity index (χ2n) is 7.71. The lowest BCUT2D eigenvalue weighted by Gasteiger charge is -2.22. The molecule has 0 atom stereocenters. The van der Waals surface area contributed by atoms with Gasteiger partial charge >= 0.3 is 0 Å². The number of anilines is 2. The third-order valence-electron chi connectivity index (χ3n) is 5.53. The summed E-state index contributed by atoms with van der Waals surface area (Å²) >= 11 is 0. The van der Waals surface area contributed by atoms with Crippen LogP contribution in [0.3, 0.4) is 0 Å². The zero-order valence-electron chi connectivity index (χ0n) is 18.5. The number of carbonyl (C=O) groups is 2. The normalized spacial score (nSPS) is 10.6. The molecule has 0 bridgehead atoms. The molecule has 0 aromatic heterocycles. The molecule has 4 rings (SSSR count). The van der Waals surface area contributed by atoms with Crippen LogP contribution in [0.5, 0.6) is 0 Å². The van der Waals surface area contributed by atoms with E-state index in [2.05, 4.69) is 5.32 Å². The molecule has 0 fully saturated rings. The quantitative estimate of drug-likeness (QED) is 0.381. The van der Waals surface area contributed by atoms with Crippen LogP contribution in [-0.2, 0) is 4.79 Å². The van der Waals surface area contributed by atoms with Crippen molar-refractivity contribution in [1.82, 2.24) is 0 Å². The maximum Gasteiger partial charge on any atom is 0.258 e. The third-order valence-corrected chi connectivity index (χ3v) is 5.53. The molecular weight excluding hydrogens is 408 g/mol. The van der Waals surface area contributed by atoms with Crippen LogP contribution in [0.15, 0.2) is 115 Å². The van der Waals surface area contributed by atoms with Crippen LogP contribution in [0, 0.1) is 0 Å². The Kier molecular flexibility index (Phi) is 6.96. The van der Waals surface area contributed by atoms with Gasteiger partial charge in [0.1, 0.15) is 0 Å². The highest BCUT2D eigenvalue weighted by atomic mass is 16.2. The molecule has 4 aromatic carbocycles. The molecule has 0 radical (unpaired) electrons. The number of hydrogen-bond donors (Lipinski definition) is 1. The molecular formula is C29H26N2O2. The smallest absolute Gasteiger partial charge is 0.258 e. The largest absolute Gasteiger partial charge is 0.325 e. The number of benzene rings is 4. The lowest BCUT2D eigenvalue weighted by atomic mass is 9.90. The van der Waals surface area contributed by atoms with Crippen LogP contribution < -0.4 is 10.2 Å². The first-order valence-electron chi connectivity index (χ1n) is 11.0. The van der Waals surface area contributed by atoms with Crippen LogP contribution in [0.2, 0.25) is 0 Å². The first kappa shape index (κ1) is 22.0. The average molecular weight is 435 g/mol. The zero-order valence-corrected chi connectivity index (χ0v) is 18.5. The van der Waals surface area contributed by atoms with Crippen molar-refractivity contribution in [2.45, 2.75) is 12.8 Å². The zero-order chi connectivity index (χ0) is 23.0. The minimum absolute atomic E-state index is 0.109. The van der Waals surface area contributed by atoms with E-state index >= 15 is 0 Å². The molecule has 0 aliphatic carbocycles. The Labute approximate surface area is 194 Å². The molecule has 0 saturated carbocycles. The van der Waals surface area contributed by atoms with E-state index in [0.717, 1.165) is 16.8 Å². The first-order chi connectivity index (χ1) is 16.2. The summed E-state index contributed by atoms with van der Waals surface area (Å²) in [5, 5.41) is 3.02. The van der Waals surface area contributed by atoms with Gasteiger partial charge in [0, 0.05) is 23.5 Å². The van der Waals surface area contributed by atoms with Crippen LogP contribution >= 0.6 is 0 Å². The fourth-order valence-corrected chi connectivity index (χ4v) is 3.94. The molecule has 0 saturated heterocycles. The summed E-state index contributed by atoms with van der Waals surface area (Å²) in [6.07, 6.45) is 0. The fourth-order valence-electron chi connectivity index (χ4n) is 3.94. The summed E-state index contributed by atoms with van der Waals surface area (Å²) in [5.41, 5.74) is 3.78. The van der Waals surface area contributed by atoms with Gasteiger partial charge in [-0.3, -0.25) is 9.59 Å². The highest BCUT2D eigenvalue weighted by Gasteiger charge is 2.23. The van der Waals surface area contributed by atoms with Gasteiger partial charge in [0.2, 0.25) is 5.91 Å². The Morgan fingerprint density at radius 3 is 1.82 bits per heavy atom. The minimum atomic E-state index is -0.455. The number of nitrogens with one attached hydrogen (secondary N) is 1. The van der Waals surface area contributed by atoms with Crippen molar-refractivity contribution >= 4 is 23.2 Å². The number of amides is 2. The topological polar surface area (TPSA) is 49.4 Å². The highest BCUT2D eigenvalue weighted by molar-refractivity contribution is 6.07. The van der Waals surface area contributed by atoms with Crippen molar-refractivity contribution in [3.63, 3.8) is 0 Å². The molecule has 4 nitrogen and oxygen atoms in total. The molecule has 0 spiro atoms. The van der Waals surface area contributed by atoms with Gasteiger partial charge in [-0.15, -0.1) is 0 Å². The van der Waals surface area contributed by atoms with E-state index in [1.165, 1.54) is 0 Å². The van der Waals surface area contributed by atoms with Crippen molar-refractivity contribution in [2.24, 2.45) is 0 Å². The Balaban J connectivity index is 1.59. The minimum Gasteiger partial charge on any atom is -0.325 e. The summed E-state index contributed by atoms with van der Waals surface area (Å²) in [5.74, 6) is -0.710. The molecule has 0 heterocycles. The summed E-state index contributed by atoms with van der Waals surface area (Å²) in [6.45, 7) is 2.49. The standard InChI is InChI=1S/C29H26N2O2/c1-2-31(26-19-10-5-11-20-26)29(33)24-17-12-18-25(21-24)30-28(32)27(22-13-6-3-7-14-22)23-15-8-4-9-16-23/h3-21,27H,2H2,1H3,(H,30,32). The summed E-state index contributed by atoms with van der Waals surface area (Å²) < 4.78 is 0. The van der Waals surface area contributed by atoms with E-state index in [1.807, 2.05) is 97.9 Å². The molecule has 4 heteroatoms. The molecule has 0 aliphatic heterocycles. The van der Waals surface area contributed by atoms with E-state index < -0.39 is 5.92 Å². The lowest BCUT2D eigenvalue weighted by molar-refractivity contribution is -0.116. The number of carbonyl (C=O) groups excluding carboxylic acids is 2. The predicted molar refractivity (Wildman–Crippen MR) is 134 cm³/mol. The third kappa shape index (κ3) is 5.18. The van der Waals surface area contributed by atoms with Gasteiger partial charge in [0.25, 0.3) is 5.91 Å². The van der Waals surface area contributed by atoms with Crippen LogP contribution in [0.1, 0.15) is 34.3 Å². The molecule has 4 aromatic rings. The maximum absolute atomic E-state index is 13.4. The maximum atomic E-state index is 13.4. The molecule has 164 valence electrons.